The minimum absolute atomic E-state index is 0.0136. The Morgan fingerprint density at radius 1 is 1.35 bits per heavy atom. The fourth-order valence-corrected chi connectivity index (χ4v) is 2.17. The number of carbonyl (C=O) groups excluding carboxylic acids is 1. The first kappa shape index (κ1) is 11.7. The molecule has 3 nitrogen and oxygen atoms in total. The zero-order chi connectivity index (χ0) is 12.3. The molecule has 0 radical (unpaired) electrons. The van der Waals surface area contributed by atoms with Crippen molar-refractivity contribution in [2.24, 2.45) is 0 Å². The summed E-state index contributed by atoms with van der Waals surface area (Å²) in [4.78, 5) is 12.4. The lowest BCUT2D eigenvalue weighted by molar-refractivity contribution is 0.102. The summed E-state index contributed by atoms with van der Waals surface area (Å²) in [6.07, 6.45) is 6.09. The highest BCUT2D eigenvalue weighted by Crippen LogP contribution is 2.30. The number of benzene rings is 1. The third kappa shape index (κ3) is 2.33. The first-order chi connectivity index (χ1) is 8.24. The summed E-state index contributed by atoms with van der Waals surface area (Å²) in [5.41, 5.74) is 7.73. The topological polar surface area (TPSA) is 52.3 Å². The van der Waals surface area contributed by atoms with Crippen LogP contribution in [0, 0.1) is 0 Å². The van der Waals surface area contributed by atoms with Gasteiger partial charge in [0.25, 0.3) is 0 Å². The minimum Gasteiger partial charge on any atom is -0.496 e. The fourth-order valence-electron chi connectivity index (χ4n) is 2.17. The van der Waals surface area contributed by atoms with E-state index in [4.69, 9.17) is 10.5 Å². The molecule has 17 heavy (non-hydrogen) atoms. The standard InChI is InChI=1S/C14H17NO2/c1-17-12-9-5-8-11(15)13(12)14(16)10-6-3-2-4-7-10/h5-6,8-9H,2-4,7,15H2,1H3. The number of allylic oxidation sites excluding steroid dienone is 2. The van der Waals surface area contributed by atoms with Gasteiger partial charge >= 0.3 is 0 Å². The molecule has 2 N–H and O–H groups in total. The molecule has 0 atom stereocenters. The van der Waals surface area contributed by atoms with E-state index in [0.29, 0.717) is 17.0 Å². The molecule has 0 bridgehead atoms. The van der Waals surface area contributed by atoms with Gasteiger partial charge in [-0.15, -0.1) is 0 Å². The summed E-state index contributed by atoms with van der Waals surface area (Å²) >= 11 is 0. The van der Waals surface area contributed by atoms with Crippen LogP contribution in [0.25, 0.3) is 0 Å². The molecule has 0 aliphatic heterocycles. The third-order valence-corrected chi connectivity index (χ3v) is 3.09. The van der Waals surface area contributed by atoms with Crippen LogP contribution < -0.4 is 10.5 Å². The molecule has 0 heterocycles. The highest BCUT2D eigenvalue weighted by atomic mass is 16.5. The number of hydrogen-bond acceptors (Lipinski definition) is 3. The molecule has 1 aromatic carbocycles. The number of carbonyl (C=O) groups is 1. The van der Waals surface area contributed by atoms with Crippen LogP contribution in [0.2, 0.25) is 0 Å². The number of hydrogen-bond donors (Lipinski definition) is 1. The van der Waals surface area contributed by atoms with Crippen LogP contribution in [0.5, 0.6) is 5.75 Å². The molecule has 0 unspecified atom stereocenters. The number of ketones is 1. The number of Topliss-reactive ketones (excluding diaryl/α,β-unsaturated/α-hetero) is 1. The molecule has 0 saturated carbocycles. The Hall–Kier alpha value is -1.77. The van der Waals surface area contributed by atoms with Crippen LogP contribution >= 0.6 is 0 Å². The SMILES string of the molecule is COc1cccc(N)c1C(=O)C1=CCCCC1. The second-order valence-electron chi connectivity index (χ2n) is 4.23. The van der Waals surface area contributed by atoms with Crippen molar-refractivity contribution in [2.75, 3.05) is 12.8 Å². The molecule has 1 aliphatic rings. The average Bonchev–Trinajstić information content (AvgIpc) is 2.38. The molecule has 0 amide bonds. The van der Waals surface area contributed by atoms with E-state index in [1.807, 2.05) is 6.08 Å². The summed E-state index contributed by atoms with van der Waals surface area (Å²) in [6, 6.07) is 5.30. The number of anilines is 1. The van der Waals surface area contributed by atoms with E-state index in [-0.39, 0.29) is 5.78 Å². The van der Waals surface area contributed by atoms with Crippen LogP contribution in [0.15, 0.2) is 29.8 Å². The molecule has 0 aromatic heterocycles. The van der Waals surface area contributed by atoms with Gasteiger partial charge in [-0.05, 0) is 43.4 Å². The van der Waals surface area contributed by atoms with Crippen molar-refractivity contribution in [2.45, 2.75) is 25.7 Å². The summed E-state index contributed by atoms with van der Waals surface area (Å²) in [7, 11) is 1.56. The Labute approximate surface area is 101 Å². The van der Waals surface area contributed by atoms with Gasteiger partial charge in [0.05, 0.1) is 12.7 Å². The molecule has 90 valence electrons. The summed E-state index contributed by atoms with van der Waals surface area (Å²) in [5, 5.41) is 0. The summed E-state index contributed by atoms with van der Waals surface area (Å²) in [5.74, 6) is 0.570. The number of rotatable bonds is 3. The van der Waals surface area contributed by atoms with Crippen LogP contribution in [-0.2, 0) is 0 Å². The predicted molar refractivity (Wildman–Crippen MR) is 68.3 cm³/mol. The second-order valence-corrected chi connectivity index (χ2v) is 4.23. The highest BCUT2D eigenvalue weighted by Gasteiger charge is 2.20. The van der Waals surface area contributed by atoms with Crippen LogP contribution in [0.4, 0.5) is 5.69 Å². The Morgan fingerprint density at radius 3 is 2.82 bits per heavy atom. The van der Waals surface area contributed by atoms with Crippen molar-refractivity contribution in [1.29, 1.82) is 0 Å². The van der Waals surface area contributed by atoms with Gasteiger partial charge in [0.1, 0.15) is 5.75 Å². The summed E-state index contributed by atoms with van der Waals surface area (Å²) in [6.45, 7) is 0. The molecule has 1 aliphatic carbocycles. The Kier molecular flexibility index (Phi) is 3.47. The van der Waals surface area contributed by atoms with Gasteiger partial charge in [-0.2, -0.15) is 0 Å². The van der Waals surface area contributed by atoms with Gasteiger partial charge in [-0.3, -0.25) is 4.79 Å². The predicted octanol–water partition coefficient (Wildman–Crippen LogP) is 2.96. The maximum absolute atomic E-state index is 12.4. The van der Waals surface area contributed by atoms with E-state index in [1.165, 1.54) is 0 Å². The third-order valence-electron chi connectivity index (χ3n) is 3.09. The van der Waals surface area contributed by atoms with E-state index in [0.717, 1.165) is 31.3 Å². The zero-order valence-electron chi connectivity index (χ0n) is 10.0. The van der Waals surface area contributed by atoms with Crippen LogP contribution in [-0.4, -0.2) is 12.9 Å². The Balaban J connectivity index is 2.39. The smallest absolute Gasteiger partial charge is 0.194 e. The molecule has 1 aromatic rings. The molecular weight excluding hydrogens is 214 g/mol. The van der Waals surface area contributed by atoms with Crippen molar-refractivity contribution in [3.05, 3.63) is 35.4 Å². The van der Waals surface area contributed by atoms with E-state index >= 15 is 0 Å². The van der Waals surface area contributed by atoms with Crippen LogP contribution in [0.3, 0.4) is 0 Å². The first-order valence-electron chi connectivity index (χ1n) is 5.90. The normalized spacial score (nSPS) is 15.2. The van der Waals surface area contributed by atoms with Gasteiger partial charge in [-0.25, -0.2) is 0 Å². The van der Waals surface area contributed by atoms with Crippen molar-refractivity contribution in [3.8, 4) is 5.75 Å². The fraction of sp³-hybridized carbons (Fsp3) is 0.357. The highest BCUT2D eigenvalue weighted by molar-refractivity contribution is 6.13. The minimum atomic E-state index is 0.0136. The molecular formula is C14H17NO2. The molecule has 0 fully saturated rings. The monoisotopic (exact) mass is 231 g/mol. The van der Waals surface area contributed by atoms with Gasteiger partial charge in [0.15, 0.2) is 5.78 Å². The Morgan fingerprint density at radius 2 is 2.18 bits per heavy atom. The zero-order valence-corrected chi connectivity index (χ0v) is 10.0. The molecule has 0 saturated heterocycles. The lowest BCUT2D eigenvalue weighted by atomic mass is 9.92. The van der Waals surface area contributed by atoms with Crippen molar-refractivity contribution >= 4 is 11.5 Å². The number of nitrogens with two attached hydrogens (primary N) is 1. The molecule has 3 heteroatoms. The maximum Gasteiger partial charge on any atom is 0.194 e. The van der Waals surface area contributed by atoms with Gasteiger partial charge < -0.3 is 10.5 Å². The van der Waals surface area contributed by atoms with Crippen molar-refractivity contribution in [3.63, 3.8) is 0 Å². The van der Waals surface area contributed by atoms with Crippen molar-refractivity contribution < 1.29 is 9.53 Å². The quantitative estimate of drug-likeness (QED) is 0.642. The van der Waals surface area contributed by atoms with Gasteiger partial charge in [-0.1, -0.05) is 12.1 Å². The maximum atomic E-state index is 12.4. The molecule has 0 spiro atoms. The second kappa shape index (κ2) is 5.04. The van der Waals surface area contributed by atoms with Crippen molar-refractivity contribution in [1.82, 2.24) is 0 Å². The average molecular weight is 231 g/mol. The van der Waals surface area contributed by atoms with E-state index in [2.05, 4.69) is 0 Å². The summed E-state index contributed by atoms with van der Waals surface area (Å²) < 4.78 is 5.21. The van der Waals surface area contributed by atoms with Gasteiger partial charge in [0.2, 0.25) is 0 Å². The van der Waals surface area contributed by atoms with Gasteiger partial charge in [0, 0.05) is 5.69 Å². The van der Waals surface area contributed by atoms with E-state index < -0.39 is 0 Å². The van der Waals surface area contributed by atoms with E-state index in [9.17, 15) is 4.79 Å². The largest absolute Gasteiger partial charge is 0.496 e. The first-order valence-corrected chi connectivity index (χ1v) is 5.90. The number of methoxy groups -OCH3 is 1. The lowest BCUT2D eigenvalue weighted by Gasteiger charge is -2.15. The number of ether oxygens (including phenoxy) is 1. The number of nitrogen functional groups attached to an aromatic ring is 1. The van der Waals surface area contributed by atoms with Crippen LogP contribution in [0.1, 0.15) is 36.0 Å². The van der Waals surface area contributed by atoms with E-state index in [1.54, 1.807) is 25.3 Å². The molecule has 2 rings (SSSR count). The lowest BCUT2D eigenvalue weighted by Crippen LogP contribution is -2.10. The Bertz CT molecular complexity index is 463.